The topological polar surface area (TPSA) is 72.3 Å². The molecule has 0 saturated heterocycles. The van der Waals surface area contributed by atoms with E-state index in [4.69, 9.17) is 11.5 Å². The second-order valence-electron chi connectivity index (χ2n) is 2.75. The van der Waals surface area contributed by atoms with Crippen molar-refractivity contribution in [2.24, 2.45) is 5.73 Å². The number of nitrogen functional groups attached to an aromatic ring is 1. The molecule has 4 N–H and O–H groups in total. The summed E-state index contributed by atoms with van der Waals surface area (Å²) < 4.78 is 0. The predicted octanol–water partition coefficient (Wildman–Crippen LogP) is 0.885. The van der Waals surface area contributed by atoms with Gasteiger partial charge in [-0.3, -0.25) is 4.79 Å². The highest BCUT2D eigenvalue weighted by atomic mass is 32.1. The van der Waals surface area contributed by atoms with Crippen LogP contribution >= 0.6 is 11.3 Å². The Labute approximate surface area is 81.1 Å². The Bertz CT molecular complexity index is 321. The monoisotopic (exact) mass is 199 g/mol. The maximum absolute atomic E-state index is 10.9. The zero-order chi connectivity index (χ0) is 10.0. The molecule has 0 saturated carbocycles. The van der Waals surface area contributed by atoms with Crippen LogP contribution in [-0.4, -0.2) is 19.5 Å². The van der Waals surface area contributed by atoms with Crippen LogP contribution in [0.1, 0.15) is 16.6 Å². The Morgan fingerprint density at radius 2 is 2.31 bits per heavy atom. The summed E-state index contributed by atoms with van der Waals surface area (Å²) in [6.45, 7) is 2.90. The van der Waals surface area contributed by atoms with Crippen molar-refractivity contribution in [3.63, 3.8) is 0 Å². The fourth-order valence-electron chi connectivity index (χ4n) is 0.928. The Morgan fingerprint density at radius 3 is 2.69 bits per heavy atom. The average Bonchev–Trinajstić information content (AvgIpc) is 2.46. The van der Waals surface area contributed by atoms with E-state index in [0.29, 0.717) is 10.6 Å². The molecule has 0 aromatic carbocycles. The number of nitrogens with zero attached hydrogens (tertiary/aromatic N) is 1. The number of carbonyl (C=O) groups is 1. The van der Waals surface area contributed by atoms with Gasteiger partial charge in [-0.05, 0) is 13.0 Å². The standard InChI is InChI=1S/C8H13N3OS/c1-3-11(2)6-4-5(9)7(13-6)8(10)12/h4H,3,9H2,1-2H3,(H2,10,12). The first-order chi connectivity index (χ1) is 6.06. The molecular formula is C8H13N3OS. The second-order valence-corrected chi connectivity index (χ2v) is 3.78. The lowest BCUT2D eigenvalue weighted by atomic mass is 10.4. The Balaban J connectivity index is 3.01. The largest absolute Gasteiger partial charge is 0.397 e. The van der Waals surface area contributed by atoms with Gasteiger partial charge in [0.25, 0.3) is 5.91 Å². The number of amides is 1. The molecule has 0 unspecified atom stereocenters. The lowest BCUT2D eigenvalue weighted by Crippen LogP contribution is -2.14. The van der Waals surface area contributed by atoms with Crippen LogP contribution in [0, 0.1) is 0 Å². The van der Waals surface area contributed by atoms with E-state index in [9.17, 15) is 4.79 Å². The van der Waals surface area contributed by atoms with Crippen molar-refractivity contribution in [3.8, 4) is 0 Å². The lowest BCUT2D eigenvalue weighted by molar-refractivity contribution is 0.100. The minimum absolute atomic E-state index is 0.440. The summed E-state index contributed by atoms with van der Waals surface area (Å²) in [6.07, 6.45) is 0. The highest BCUT2D eigenvalue weighted by Crippen LogP contribution is 2.30. The lowest BCUT2D eigenvalue weighted by Gasteiger charge is -2.12. The number of hydrogen-bond acceptors (Lipinski definition) is 4. The van der Waals surface area contributed by atoms with Gasteiger partial charge in [0.2, 0.25) is 0 Å². The first-order valence-corrected chi connectivity index (χ1v) is 4.78. The summed E-state index contributed by atoms with van der Waals surface area (Å²) in [7, 11) is 1.94. The molecule has 1 aromatic heterocycles. The van der Waals surface area contributed by atoms with Crippen LogP contribution in [0.3, 0.4) is 0 Å². The molecule has 4 nitrogen and oxygen atoms in total. The number of primary amides is 1. The van der Waals surface area contributed by atoms with Gasteiger partial charge in [-0.1, -0.05) is 0 Å². The van der Waals surface area contributed by atoms with Crippen LogP contribution in [0.5, 0.6) is 0 Å². The molecule has 72 valence electrons. The van der Waals surface area contributed by atoms with Crippen LogP contribution < -0.4 is 16.4 Å². The van der Waals surface area contributed by atoms with E-state index in [2.05, 4.69) is 0 Å². The van der Waals surface area contributed by atoms with E-state index in [0.717, 1.165) is 11.5 Å². The smallest absolute Gasteiger partial charge is 0.260 e. The van der Waals surface area contributed by atoms with Crippen molar-refractivity contribution in [1.82, 2.24) is 0 Å². The van der Waals surface area contributed by atoms with Crippen molar-refractivity contribution < 1.29 is 4.79 Å². The van der Waals surface area contributed by atoms with E-state index in [1.807, 2.05) is 18.9 Å². The summed E-state index contributed by atoms with van der Waals surface area (Å²) in [5.74, 6) is -0.460. The van der Waals surface area contributed by atoms with Gasteiger partial charge in [-0.15, -0.1) is 11.3 Å². The van der Waals surface area contributed by atoms with Crippen LogP contribution in [-0.2, 0) is 0 Å². The van der Waals surface area contributed by atoms with Gasteiger partial charge in [-0.25, -0.2) is 0 Å². The first kappa shape index (κ1) is 9.85. The predicted molar refractivity (Wildman–Crippen MR) is 56.2 cm³/mol. The number of anilines is 2. The minimum atomic E-state index is -0.460. The van der Waals surface area contributed by atoms with E-state index < -0.39 is 5.91 Å². The number of rotatable bonds is 3. The van der Waals surface area contributed by atoms with Gasteiger partial charge >= 0.3 is 0 Å². The maximum Gasteiger partial charge on any atom is 0.260 e. The van der Waals surface area contributed by atoms with Gasteiger partial charge in [-0.2, -0.15) is 0 Å². The zero-order valence-corrected chi connectivity index (χ0v) is 8.52. The Morgan fingerprint density at radius 1 is 1.69 bits per heavy atom. The summed E-state index contributed by atoms with van der Waals surface area (Å²) >= 11 is 1.33. The Kier molecular flexibility index (Phi) is 2.77. The normalized spacial score (nSPS) is 10.0. The van der Waals surface area contributed by atoms with Crippen molar-refractivity contribution in [2.75, 3.05) is 24.2 Å². The fourth-order valence-corrected chi connectivity index (χ4v) is 1.89. The van der Waals surface area contributed by atoms with Crippen molar-refractivity contribution in [2.45, 2.75) is 6.92 Å². The molecule has 0 aliphatic carbocycles. The Hall–Kier alpha value is -1.23. The van der Waals surface area contributed by atoms with Gasteiger partial charge in [0.15, 0.2) is 0 Å². The zero-order valence-electron chi connectivity index (χ0n) is 7.70. The van der Waals surface area contributed by atoms with Crippen LogP contribution in [0.15, 0.2) is 6.07 Å². The van der Waals surface area contributed by atoms with Gasteiger partial charge in [0.1, 0.15) is 4.88 Å². The number of nitrogens with two attached hydrogens (primary N) is 2. The molecule has 5 heteroatoms. The summed E-state index contributed by atoms with van der Waals surface area (Å²) in [4.78, 5) is 13.3. The molecule has 0 bridgehead atoms. The molecule has 0 radical (unpaired) electrons. The van der Waals surface area contributed by atoms with E-state index in [1.165, 1.54) is 11.3 Å². The molecule has 0 fully saturated rings. The minimum Gasteiger partial charge on any atom is -0.397 e. The molecule has 0 aliphatic heterocycles. The quantitative estimate of drug-likeness (QED) is 0.759. The van der Waals surface area contributed by atoms with E-state index >= 15 is 0 Å². The molecule has 1 amide bonds. The fraction of sp³-hybridized carbons (Fsp3) is 0.375. The van der Waals surface area contributed by atoms with Crippen LogP contribution in [0.2, 0.25) is 0 Å². The maximum atomic E-state index is 10.9. The van der Waals surface area contributed by atoms with Gasteiger partial charge in [0.05, 0.1) is 10.7 Å². The third-order valence-corrected chi connectivity index (χ3v) is 3.10. The molecule has 13 heavy (non-hydrogen) atoms. The summed E-state index contributed by atoms with van der Waals surface area (Å²) in [5, 5.41) is 0.966. The number of carbonyl (C=O) groups excluding carboxylic acids is 1. The second kappa shape index (κ2) is 3.66. The molecule has 1 rings (SSSR count). The molecule has 1 aromatic rings. The van der Waals surface area contributed by atoms with Gasteiger partial charge < -0.3 is 16.4 Å². The number of thiophene rings is 1. The highest BCUT2D eigenvalue weighted by Gasteiger charge is 2.12. The average molecular weight is 199 g/mol. The van der Waals surface area contributed by atoms with Crippen molar-refractivity contribution in [3.05, 3.63) is 10.9 Å². The van der Waals surface area contributed by atoms with Crippen molar-refractivity contribution in [1.29, 1.82) is 0 Å². The number of hydrogen-bond donors (Lipinski definition) is 2. The SMILES string of the molecule is CCN(C)c1cc(N)c(C(N)=O)s1. The van der Waals surface area contributed by atoms with Crippen LogP contribution in [0.25, 0.3) is 0 Å². The first-order valence-electron chi connectivity index (χ1n) is 3.96. The molecule has 0 spiro atoms. The molecule has 0 aliphatic rings. The summed E-state index contributed by atoms with van der Waals surface area (Å²) in [5.41, 5.74) is 11.2. The molecule has 1 heterocycles. The molecule has 0 atom stereocenters. The van der Waals surface area contributed by atoms with Gasteiger partial charge in [0, 0.05) is 13.6 Å². The van der Waals surface area contributed by atoms with E-state index in [1.54, 1.807) is 6.07 Å². The van der Waals surface area contributed by atoms with Crippen LogP contribution in [0.4, 0.5) is 10.7 Å². The third-order valence-electron chi connectivity index (χ3n) is 1.82. The third kappa shape index (κ3) is 1.92. The highest BCUT2D eigenvalue weighted by molar-refractivity contribution is 7.18. The van der Waals surface area contributed by atoms with E-state index in [-0.39, 0.29) is 0 Å². The van der Waals surface area contributed by atoms with Crippen molar-refractivity contribution >= 4 is 27.9 Å². The molecular weight excluding hydrogens is 186 g/mol. The summed E-state index contributed by atoms with van der Waals surface area (Å²) in [6, 6.07) is 1.77.